The summed E-state index contributed by atoms with van der Waals surface area (Å²) in [7, 11) is 0. The van der Waals surface area contributed by atoms with Crippen molar-refractivity contribution in [2.75, 3.05) is 13.2 Å². The predicted molar refractivity (Wildman–Crippen MR) is 111 cm³/mol. The molecule has 0 aromatic heterocycles. The lowest BCUT2D eigenvalue weighted by Gasteiger charge is -2.11. The van der Waals surface area contributed by atoms with Gasteiger partial charge in [-0.3, -0.25) is 4.79 Å². The molecule has 2 aliphatic heterocycles. The second-order valence-electron chi connectivity index (χ2n) is 7.51. The Kier molecular flexibility index (Phi) is 5.30. The van der Waals surface area contributed by atoms with Gasteiger partial charge in [0, 0.05) is 6.42 Å². The van der Waals surface area contributed by atoms with Gasteiger partial charge in [0.1, 0.15) is 24.3 Å². The van der Waals surface area contributed by atoms with Gasteiger partial charge < -0.3 is 18.9 Å². The van der Waals surface area contributed by atoms with Crippen molar-refractivity contribution < 1.29 is 28.1 Å². The van der Waals surface area contributed by atoms with Gasteiger partial charge in [0.2, 0.25) is 0 Å². The van der Waals surface area contributed by atoms with Gasteiger partial charge in [0.25, 0.3) is 0 Å². The van der Waals surface area contributed by atoms with Crippen molar-refractivity contribution in [1.82, 2.24) is 0 Å². The van der Waals surface area contributed by atoms with Crippen LogP contribution in [0.5, 0.6) is 17.2 Å². The van der Waals surface area contributed by atoms with Gasteiger partial charge in [-0.05, 0) is 41.5 Å². The van der Waals surface area contributed by atoms with Crippen LogP contribution in [0.3, 0.4) is 0 Å². The SMILES string of the molecule is O=C(c1cc(F)ccc1OCc1ccccc1)[C@H]1O[C@@H]1c1ccc2c(c1)OCCCO2. The number of hydrogen-bond donors (Lipinski definition) is 0. The molecule has 2 aliphatic rings. The Morgan fingerprint density at radius 1 is 0.968 bits per heavy atom. The van der Waals surface area contributed by atoms with Gasteiger partial charge in [-0.25, -0.2) is 4.39 Å². The molecular weight excluding hydrogens is 399 g/mol. The van der Waals surface area contributed by atoms with Gasteiger partial charge >= 0.3 is 0 Å². The summed E-state index contributed by atoms with van der Waals surface area (Å²) in [5.74, 6) is 0.867. The summed E-state index contributed by atoms with van der Waals surface area (Å²) in [4.78, 5) is 13.1. The van der Waals surface area contributed by atoms with Crippen molar-refractivity contribution in [3.8, 4) is 17.2 Å². The van der Waals surface area contributed by atoms with E-state index >= 15 is 0 Å². The minimum Gasteiger partial charge on any atom is -0.490 e. The van der Waals surface area contributed by atoms with Crippen LogP contribution in [0.15, 0.2) is 66.7 Å². The standard InChI is InChI=1S/C25H21FO5/c26-18-8-10-20(30-15-16-5-2-1-3-6-16)19(14-18)23(27)25-24(31-25)17-7-9-21-22(13-17)29-12-4-11-28-21/h1-3,5-10,13-14,24-25H,4,11-12,15H2/t24-,25-/m1/s1. The minimum absolute atomic E-state index is 0.178. The number of Topliss-reactive ketones (excluding diaryl/α,β-unsaturated/α-hetero) is 1. The molecule has 0 saturated carbocycles. The molecule has 6 heteroatoms. The Bertz CT molecular complexity index is 1100. The van der Waals surface area contributed by atoms with Crippen molar-refractivity contribution in [3.05, 3.63) is 89.2 Å². The van der Waals surface area contributed by atoms with E-state index in [0.29, 0.717) is 30.5 Å². The molecule has 31 heavy (non-hydrogen) atoms. The van der Waals surface area contributed by atoms with Crippen LogP contribution in [0.1, 0.15) is 34.0 Å². The number of halogens is 1. The molecule has 3 aromatic rings. The zero-order valence-corrected chi connectivity index (χ0v) is 16.8. The molecule has 2 atom stereocenters. The summed E-state index contributed by atoms with van der Waals surface area (Å²) in [5.41, 5.74) is 1.96. The van der Waals surface area contributed by atoms with Gasteiger partial charge in [0.05, 0.1) is 18.8 Å². The van der Waals surface area contributed by atoms with Crippen LogP contribution in [-0.2, 0) is 11.3 Å². The number of carbonyl (C=O) groups is 1. The fourth-order valence-corrected chi connectivity index (χ4v) is 3.63. The molecule has 0 radical (unpaired) electrons. The molecule has 5 nitrogen and oxygen atoms in total. The van der Waals surface area contributed by atoms with Crippen LogP contribution in [0.2, 0.25) is 0 Å². The Morgan fingerprint density at radius 2 is 1.77 bits per heavy atom. The summed E-state index contributed by atoms with van der Waals surface area (Å²) in [6, 6.07) is 19.1. The first-order valence-corrected chi connectivity index (χ1v) is 10.2. The first-order chi connectivity index (χ1) is 15.2. The Labute approximate surface area is 179 Å². The number of ether oxygens (including phenoxy) is 4. The molecule has 1 fully saturated rings. The fraction of sp³-hybridized carbons (Fsp3) is 0.240. The first-order valence-electron chi connectivity index (χ1n) is 10.2. The number of fused-ring (bicyclic) bond motifs is 1. The first kappa shape index (κ1) is 19.6. The number of rotatable bonds is 6. The lowest BCUT2D eigenvalue weighted by molar-refractivity contribution is 0.0948. The summed E-state index contributed by atoms with van der Waals surface area (Å²) < 4.78 is 36.8. The Balaban J connectivity index is 1.33. The van der Waals surface area contributed by atoms with E-state index in [9.17, 15) is 9.18 Å². The molecule has 0 aliphatic carbocycles. The largest absolute Gasteiger partial charge is 0.490 e. The van der Waals surface area contributed by atoms with Crippen molar-refractivity contribution >= 4 is 5.78 Å². The van der Waals surface area contributed by atoms with Crippen molar-refractivity contribution in [1.29, 1.82) is 0 Å². The third-order valence-corrected chi connectivity index (χ3v) is 5.29. The highest BCUT2D eigenvalue weighted by Crippen LogP contribution is 2.44. The van der Waals surface area contributed by atoms with Crippen LogP contribution >= 0.6 is 0 Å². The molecule has 3 aromatic carbocycles. The highest BCUT2D eigenvalue weighted by Gasteiger charge is 2.47. The summed E-state index contributed by atoms with van der Waals surface area (Å²) >= 11 is 0. The van der Waals surface area contributed by atoms with E-state index in [1.165, 1.54) is 18.2 Å². The number of benzene rings is 3. The van der Waals surface area contributed by atoms with E-state index in [1.54, 1.807) is 0 Å². The maximum atomic E-state index is 13.9. The van der Waals surface area contributed by atoms with Gasteiger partial charge in [-0.15, -0.1) is 0 Å². The minimum atomic E-state index is -0.689. The predicted octanol–water partition coefficient (Wildman–Crippen LogP) is 4.89. The third-order valence-electron chi connectivity index (χ3n) is 5.29. The normalized spacial score (nSPS) is 19.4. The van der Waals surface area contributed by atoms with Crippen LogP contribution < -0.4 is 14.2 Å². The van der Waals surface area contributed by atoms with Crippen molar-refractivity contribution in [3.63, 3.8) is 0 Å². The molecule has 0 bridgehead atoms. The Hall–Kier alpha value is -3.38. The van der Waals surface area contributed by atoms with Crippen LogP contribution in [0, 0.1) is 5.82 Å². The van der Waals surface area contributed by atoms with Gasteiger partial charge in [0.15, 0.2) is 23.4 Å². The average molecular weight is 420 g/mol. The summed E-state index contributed by atoms with van der Waals surface area (Å²) in [6.45, 7) is 1.47. The van der Waals surface area contributed by atoms with E-state index in [0.717, 1.165) is 17.5 Å². The number of carbonyl (C=O) groups excluding carboxylic acids is 1. The van der Waals surface area contributed by atoms with Crippen LogP contribution in [0.25, 0.3) is 0 Å². The van der Waals surface area contributed by atoms with Crippen LogP contribution in [0.4, 0.5) is 4.39 Å². The lowest BCUT2D eigenvalue weighted by Crippen LogP contribution is -2.11. The topological polar surface area (TPSA) is 57.3 Å². The second kappa shape index (κ2) is 8.40. The highest BCUT2D eigenvalue weighted by atomic mass is 19.1. The van der Waals surface area contributed by atoms with Gasteiger partial charge in [-0.1, -0.05) is 36.4 Å². The molecule has 0 N–H and O–H groups in total. The molecule has 158 valence electrons. The Morgan fingerprint density at radius 3 is 2.61 bits per heavy atom. The summed E-state index contributed by atoms with van der Waals surface area (Å²) in [5, 5.41) is 0. The quantitative estimate of drug-likeness (QED) is 0.420. The van der Waals surface area contributed by atoms with Gasteiger partial charge in [-0.2, -0.15) is 0 Å². The zero-order valence-electron chi connectivity index (χ0n) is 16.8. The van der Waals surface area contributed by atoms with E-state index in [1.807, 2.05) is 48.5 Å². The number of hydrogen-bond acceptors (Lipinski definition) is 5. The molecule has 2 heterocycles. The maximum absolute atomic E-state index is 13.9. The molecule has 5 rings (SSSR count). The molecule has 1 saturated heterocycles. The fourth-order valence-electron chi connectivity index (χ4n) is 3.63. The van der Waals surface area contributed by atoms with E-state index in [4.69, 9.17) is 18.9 Å². The van der Waals surface area contributed by atoms with E-state index in [-0.39, 0.29) is 18.0 Å². The number of epoxide rings is 1. The average Bonchev–Trinajstić information content (AvgIpc) is 3.62. The zero-order chi connectivity index (χ0) is 21.2. The smallest absolute Gasteiger partial charge is 0.198 e. The third kappa shape index (κ3) is 4.25. The molecule has 0 spiro atoms. The van der Waals surface area contributed by atoms with Crippen molar-refractivity contribution in [2.45, 2.75) is 25.2 Å². The highest BCUT2D eigenvalue weighted by molar-refractivity contribution is 6.03. The molecule has 0 amide bonds. The molecule has 0 unspecified atom stereocenters. The van der Waals surface area contributed by atoms with E-state index < -0.39 is 18.0 Å². The van der Waals surface area contributed by atoms with Crippen molar-refractivity contribution in [2.24, 2.45) is 0 Å². The number of ketones is 1. The molecular formula is C25H21FO5. The lowest BCUT2D eigenvalue weighted by atomic mass is 10.0. The van der Waals surface area contributed by atoms with Crippen LogP contribution in [-0.4, -0.2) is 25.1 Å². The summed E-state index contributed by atoms with van der Waals surface area (Å²) in [6.07, 6.45) is -0.281. The monoisotopic (exact) mass is 420 g/mol. The second-order valence-corrected chi connectivity index (χ2v) is 7.51. The van der Waals surface area contributed by atoms with E-state index in [2.05, 4.69) is 0 Å². The maximum Gasteiger partial charge on any atom is 0.198 e.